The van der Waals surface area contributed by atoms with E-state index in [1.165, 1.54) is 18.7 Å². The third kappa shape index (κ3) is 4.00. The number of amides is 1. The van der Waals surface area contributed by atoms with Crippen molar-refractivity contribution < 1.29 is 13.9 Å². The minimum atomic E-state index is -0.476. The van der Waals surface area contributed by atoms with Gasteiger partial charge in [-0.3, -0.25) is 9.78 Å². The Bertz CT molecular complexity index is 1270. The average molecular weight is 462 g/mol. The molecule has 8 heteroatoms. The minimum absolute atomic E-state index is 0.0965. The number of H-pyrrole nitrogens is 1. The Kier molecular flexibility index (Phi) is 5.96. The molecule has 34 heavy (non-hydrogen) atoms. The van der Waals surface area contributed by atoms with Gasteiger partial charge in [0.15, 0.2) is 11.6 Å². The van der Waals surface area contributed by atoms with Crippen molar-refractivity contribution in [3.05, 3.63) is 65.4 Å². The lowest BCUT2D eigenvalue weighted by molar-refractivity contribution is 0.0940. The van der Waals surface area contributed by atoms with Crippen LogP contribution in [0.5, 0.6) is 5.75 Å². The van der Waals surface area contributed by atoms with Gasteiger partial charge in [-0.05, 0) is 44.4 Å². The van der Waals surface area contributed by atoms with Crippen LogP contribution in [0.4, 0.5) is 21.5 Å². The predicted octanol–water partition coefficient (Wildman–Crippen LogP) is 5.34. The summed E-state index contributed by atoms with van der Waals surface area (Å²) in [6.45, 7) is 3.49. The molecule has 0 unspecified atom stereocenters. The Morgan fingerprint density at radius 2 is 2.12 bits per heavy atom. The molecule has 1 amide bonds. The monoisotopic (exact) mass is 461 g/mol. The van der Waals surface area contributed by atoms with Crippen LogP contribution in [0.1, 0.15) is 48.2 Å². The first-order valence-corrected chi connectivity index (χ1v) is 11.5. The van der Waals surface area contributed by atoms with Gasteiger partial charge in [0.25, 0.3) is 5.91 Å². The largest absolute Gasteiger partial charge is 0.492 e. The molecular weight excluding hydrogens is 433 g/mol. The van der Waals surface area contributed by atoms with Crippen molar-refractivity contribution in [2.24, 2.45) is 0 Å². The summed E-state index contributed by atoms with van der Waals surface area (Å²) < 4.78 is 19.8. The highest BCUT2D eigenvalue weighted by Crippen LogP contribution is 2.44. The molecule has 5 rings (SSSR count). The molecule has 0 fully saturated rings. The number of halogens is 1. The first kappa shape index (κ1) is 22.0. The smallest absolute Gasteiger partial charge is 0.255 e. The number of hydrogen-bond acceptors (Lipinski definition) is 5. The number of pyridine rings is 1. The number of carbonyl (C=O) groups excluding carboxylic acids is 1. The van der Waals surface area contributed by atoms with Crippen LogP contribution >= 0.6 is 0 Å². The first-order chi connectivity index (χ1) is 16.6. The molecule has 0 aliphatic carbocycles. The number of rotatable bonds is 3. The molecule has 7 nitrogen and oxygen atoms in total. The molecule has 2 bridgehead atoms. The lowest BCUT2D eigenvalue weighted by atomic mass is 9.91. The number of nitrogens with one attached hydrogen (secondary N) is 4. The maximum atomic E-state index is 14.4. The summed E-state index contributed by atoms with van der Waals surface area (Å²) >= 11 is 0. The molecule has 0 radical (unpaired) electrons. The standard InChI is InChI=1S/C26H28FN5O2/c1-15-5-3-6-16-13-30-26(33)21-22(16)32-23(17-10-11-28-14-20(17)29-12-9-15)24(21)31-19-8-4-7-18(27)25(19)34-2/h4-5,7-8,10-11,14,16,29,31-32H,3,6,9,12-13H2,1-2H3,(H,30,33)/b15-5-/t16-/m0/s1. The Morgan fingerprint density at radius 3 is 2.97 bits per heavy atom. The van der Waals surface area contributed by atoms with E-state index in [1.807, 2.05) is 6.07 Å². The number of fused-ring (bicyclic) bond motifs is 3. The van der Waals surface area contributed by atoms with E-state index in [-0.39, 0.29) is 17.6 Å². The van der Waals surface area contributed by atoms with Gasteiger partial charge in [-0.1, -0.05) is 17.7 Å². The first-order valence-electron chi connectivity index (χ1n) is 11.5. The molecular formula is C26H28FN5O2. The van der Waals surface area contributed by atoms with Crippen LogP contribution in [0.2, 0.25) is 0 Å². The Balaban J connectivity index is 1.72. The lowest BCUT2D eigenvalue weighted by Gasteiger charge is -2.23. The Hall–Kier alpha value is -3.81. The van der Waals surface area contributed by atoms with Gasteiger partial charge in [0.1, 0.15) is 0 Å². The fourth-order valence-electron chi connectivity index (χ4n) is 4.77. The zero-order valence-corrected chi connectivity index (χ0v) is 19.3. The van der Waals surface area contributed by atoms with E-state index >= 15 is 0 Å². The number of para-hydroxylation sites is 1. The number of carbonyl (C=O) groups is 1. The van der Waals surface area contributed by atoms with E-state index < -0.39 is 5.82 Å². The summed E-state index contributed by atoms with van der Waals surface area (Å²) in [5, 5.41) is 9.86. The van der Waals surface area contributed by atoms with Crippen molar-refractivity contribution in [2.75, 3.05) is 30.8 Å². The zero-order chi connectivity index (χ0) is 23.7. The van der Waals surface area contributed by atoms with Crippen LogP contribution in [-0.4, -0.2) is 36.1 Å². The van der Waals surface area contributed by atoms with Gasteiger partial charge in [0, 0.05) is 36.5 Å². The van der Waals surface area contributed by atoms with Gasteiger partial charge in [0.2, 0.25) is 0 Å². The molecule has 1 atom stereocenters. The predicted molar refractivity (Wildman–Crippen MR) is 131 cm³/mol. The minimum Gasteiger partial charge on any atom is -0.492 e. The van der Waals surface area contributed by atoms with Crippen molar-refractivity contribution in [2.45, 2.75) is 32.1 Å². The number of aromatic nitrogens is 2. The zero-order valence-electron chi connectivity index (χ0n) is 19.3. The third-order valence-electron chi connectivity index (χ3n) is 6.54. The highest BCUT2D eigenvalue weighted by molar-refractivity contribution is 6.07. The Morgan fingerprint density at radius 1 is 1.24 bits per heavy atom. The molecule has 1 aromatic carbocycles. The second kappa shape index (κ2) is 9.21. The summed E-state index contributed by atoms with van der Waals surface area (Å²) in [6, 6.07) is 6.62. The van der Waals surface area contributed by atoms with E-state index in [0.717, 1.165) is 48.4 Å². The molecule has 0 saturated carbocycles. The summed E-state index contributed by atoms with van der Waals surface area (Å²) in [6.07, 6.45) is 8.56. The molecule has 2 aliphatic rings. The van der Waals surface area contributed by atoms with Crippen molar-refractivity contribution in [3.63, 3.8) is 0 Å². The Labute approximate surface area is 197 Å². The highest BCUT2D eigenvalue weighted by atomic mass is 19.1. The number of aromatic amines is 1. The van der Waals surface area contributed by atoms with Crippen molar-refractivity contribution in [1.82, 2.24) is 15.3 Å². The number of ether oxygens (including phenoxy) is 1. The van der Waals surface area contributed by atoms with Crippen LogP contribution in [0.15, 0.2) is 48.3 Å². The van der Waals surface area contributed by atoms with Gasteiger partial charge >= 0.3 is 0 Å². The number of nitrogens with zero attached hydrogens (tertiary/aromatic N) is 1. The third-order valence-corrected chi connectivity index (χ3v) is 6.54. The quantitative estimate of drug-likeness (QED) is 0.396. The fourth-order valence-corrected chi connectivity index (χ4v) is 4.77. The summed E-state index contributed by atoms with van der Waals surface area (Å²) in [5.41, 5.74) is 6.33. The number of methoxy groups -OCH3 is 1. The average Bonchev–Trinajstić information content (AvgIpc) is 3.21. The SMILES string of the molecule is COc1c(F)cccc1Nc1c2[nH]c3c1C(=O)NC[C@@H]3CC/C=C(/C)CCNc1cnccc1-2. The maximum absolute atomic E-state index is 14.4. The van der Waals surface area contributed by atoms with Gasteiger partial charge in [0.05, 0.1) is 41.6 Å². The molecule has 0 spiro atoms. The van der Waals surface area contributed by atoms with E-state index in [1.54, 1.807) is 24.5 Å². The normalized spacial score (nSPS) is 19.2. The van der Waals surface area contributed by atoms with Gasteiger partial charge in [-0.2, -0.15) is 0 Å². The molecule has 2 aliphatic heterocycles. The molecule has 2 aromatic heterocycles. The van der Waals surface area contributed by atoms with E-state index in [0.29, 0.717) is 23.5 Å². The van der Waals surface area contributed by atoms with Crippen LogP contribution in [0.25, 0.3) is 11.3 Å². The van der Waals surface area contributed by atoms with Crippen molar-refractivity contribution in [3.8, 4) is 17.0 Å². The molecule has 176 valence electrons. The molecule has 4 heterocycles. The highest BCUT2D eigenvalue weighted by Gasteiger charge is 2.33. The van der Waals surface area contributed by atoms with Crippen molar-refractivity contribution in [1.29, 1.82) is 0 Å². The van der Waals surface area contributed by atoms with Gasteiger partial charge in [-0.25, -0.2) is 4.39 Å². The number of benzene rings is 1. The van der Waals surface area contributed by atoms with Crippen LogP contribution < -0.4 is 20.7 Å². The van der Waals surface area contributed by atoms with Crippen LogP contribution in [-0.2, 0) is 0 Å². The maximum Gasteiger partial charge on any atom is 0.255 e. The second-order valence-electron chi connectivity index (χ2n) is 8.74. The number of anilines is 3. The van der Waals surface area contributed by atoms with E-state index in [4.69, 9.17) is 4.74 Å². The number of hydrogen-bond donors (Lipinski definition) is 4. The van der Waals surface area contributed by atoms with Gasteiger partial charge < -0.3 is 25.7 Å². The van der Waals surface area contributed by atoms with Crippen LogP contribution in [0, 0.1) is 5.82 Å². The van der Waals surface area contributed by atoms with Crippen molar-refractivity contribution >= 4 is 23.0 Å². The summed E-state index contributed by atoms with van der Waals surface area (Å²) in [7, 11) is 1.43. The summed E-state index contributed by atoms with van der Waals surface area (Å²) in [5.74, 6) is -0.399. The fraction of sp³-hybridized carbons (Fsp3) is 0.308. The van der Waals surface area contributed by atoms with E-state index in [2.05, 4.69) is 38.9 Å². The molecule has 4 N–H and O–H groups in total. The van der Waals surface area contributed by atoms with Crippen LogP contribution in [0.3, 0.4) is 0 Å². The summed E-state index contributed by atoms with van der Waals surface area (Å²) in [4.78, 5) is 21.0. The molecule has 3 aromatic rings. The van der Waals surface area contributed by atoms with E-state index in [9.17, 15) is 9.18 Å². The number of allylic oxidation sites excluding steroid dienone is 1. The second-order valence-corrected chi connectivity index (χ2v) is 8.74. The topological polar surface area (TPSA) is 91.1 Å². The molecule has 0 saturated heterocycles. The van der Waals surface area contributed by atoms with Gasteiger partial charge in [-0.15, -0.1) is 0 Å². The lowest BCUT2D eigenvalue weighted by Crippen LogP contribution is -2.35.